The summed E-state index contributed by atoms with van der Waals surface area (Å²) in [7, 11) is 0. The molecular formula is C16H25ClN2. The number of hydrogen-bond acceptors (Lipinski definition) is 2. The molecule has 0 saturated carbocycles. The molecule has 19 heavy (non-hydrogen) atoms. The maximum absolute atomic E-state index is 5.93. The van der Waals surface area contributed by atoms with E-state index in [1.165, 1.54) is 18.4 Å². The van der Waals surface area contributed by atoms with Crippen LogP contribution >= 0.6 is 11.6 Å². The molecule has 2 rings (SSSR count). The normalized spacial score (nSPS) is 26.3. The number of hydrogen-bond donors (Lipinski definition) is 1. The lowest BCUT2D eigenvalue weighted by Gasteiger charge is -2.41. The number of piperidine rings is 1. The second kappa shape index (κ2) is 6.74. The van der Waals surface area contributed by atoms with Crippen LogP contribution in [0.5, 0.6) is 0 Å². The Hall–Kier alpha value is -0.570. The molecule has 1 aliphatic heterocycles. The van der Waals surface area contributed by atoms with Gasteiger partial charge < -0.3 is 5.73 Å². The van der Waals surface area contributed by atoms with E-state index in [1.807, 2.05) is 12.1 Å². The van der Waals surface area contributed by atoms with Crippen molar-refractivity contribution >= 4 is 11.6 Å². The van der Waals surface area contributed by atoms with Gasteiger partial charge in [-0.25, -0.2) is 0 Å². The molecule has 0 aliphatic carbocycles. The molecule has 1 aromatic rings. The number of nitrogens with two attached hydrogens (primary N) is 1. The van der Waals surface area contributed by atoms with Crippen LogP contribution in [-0.2, 0) is 6.42 Å². The van der Waals surface area contributed by atoms with Crippen molar-refractivity contribution in [3.05, 3.63) is 34.9 Å². The molecule has 0 bridgehead atoms. The lowest BCUT2D eigenvalue weighted by atomic mass is 9.91. The summed E-state index contributed by atoms with van der Waals surface area (Å²) >= 11 is 5.93. The summed E-state index contributed by atoms with van der Waals surface area (Å²) in [6.07, 6.45) is 3.63. The van der Waals surface area contributed by atoms with Gasteiger partial charge in [0.2, 0.25) is 0 Å². The summed E-state index contributed by atoms with van der Waals surface area (Å²) in [5, 5.41) is 0.811. The average molecular weight is 281 g/mol. The predicted octanol–water partition coefficient (Wildman–Crippen LogP) is 3.33. The Morgan fingerprint density at radius 3 is 2.63 bits per heavy atom. The van der Waals surface area contributed by atoms with Crippen LogP contribution in [0.4, 0.5) is 0 Å². The van der Waals surface area contributed by atoms with Gasteiger partial charge in [-0.3, -0.25) is 4.90 Å². The Bertz CT molecular complexity index is 390. The SMILES string of the molecule is CC1CCC(CN)CN1C(C)Cc1ccc(Cl)cc1. The summed E-state index contributed by atoms with van der Waals surface area (Å²) in [6.45, 7) is 6.62. The van der Waals surface area contributed by atoms with Crippen molar-refractivity contribution in [1.29, 1.82) is 0 Å². The first-order chi connectivity index (χ1) is 9.10. The number of nitrogens with zero attached hydrogens (tertiary/aromatic N) is 1. The topological polar surface area (TPSA) is 29.3 Å². The Morgan fingerprint density at radius 2 is 2.00 bits per heavy atom. The van der Waals surface area contributed by atoms with E-state index in [9.17, 15) is 0 Å². The smallest absolute Gasteiger partial charge is 0.0406 e. The highest BCUT2D eigenvalue weighted by molar-refractivity contribution is 6.30. The van der Waals surface area contributed by atoms with Gasteiger partial charge in [-0.05, 0) is 63.3 Å². The molecule has 2 N–H and O–H groups in total. The Kier molecular flexibility index (Phi) is 5.26. The molecule has 0 aromatic heterocycles. The van der Waals surface area contributed by atoms with Crippen molar-refractivity contribution in [3.8, 4) is 0 Å². The molecule has 2 nitrogen and oxygen atoms in total. The minimum Gasteiger partial charge on any atom is -0.330 e. The molecule has 1 fully saturated rings. The van der Waals surface area contributed by atoms with E-state index in [0.717, 1.165) is 24.5 Å². The van der Waals surface area contributed by atoms with Crippen molar-refractivity contribution in [3.63, 3.8) is 0 Å². The van der Waals surface area contributed by atoms with Crippen LogP contribution in [0.1, 0.15) is 32.3 Å². The lowest BCUT2D eigenvalue weighted by molar-refractivity contribution is 0.0814. The third kappa shape index (κ3) is 3.95. The molecule has 1 heterocycles. The van der Waals surface area contributed by atoms with E-state index in [0.29, 0.717) is 18.0 Å². The molecule has 0 spiro atoms. The Morgan fingerprint density at radius 1 is 1.32 bits per heavy atom. The van der Waals surface area contributed by atoms with Gasteiger partial charge in [0.1, 0.15) is 0 Å². The highest BCUT2D eigenvalue weighted by Gasteiger charge is 2.27. The summed E-state index contributed by atoms with van der Waals surface area (Å²) < 4.78 is 0. The Labute approximate surface area is 121 Å². The fourth-order valence-electron chi connectivity index (χ4n) is 3.10. The van der Waals surface area contributed by atoms with Crippen LogP contribution in [0.25, 0.3) is 0 Å². The van der Waals surface area contributed by atoms with Crippen molar-refractivity contribution in [2.24, 2.45) is 11.7 Å². The van der Waals surface area contributed by atoms with E-state index in [2.05, 4.69) is 30.9 Å². The van der Waals surface area contributed by atoms with Gasteiger partial charge >= 0.3 is 0 Å². The van der Waals surface area contributed by atoms with E-state index >= 15 is 0 Å². The monoisotopic (exact) mass is 280 g/mol. The van der Waals surface area contributed by atoms with Crippen LogP contribution in [0.15, 0.2) is 24.3 Å². The minimum atomic E-state index is 0.561. The maximum Gasteiger partial charge on any atom is 0.0406 e. The van der Waals surface area contributed by atoms with E-state index in [1.54, 1.807) is 0 Å². The number of halogens is 1. The molecule has 3 atom stereocenters. The average Bonchev–Trinajstić information content (AvgIpc) is 2.42. The zero-order chi connectivity index (χ0) is 13.8. The van der Waals surface area contributed by atoms with Crippen LogP contribution in [-0.4, -0.2) is 30.1 Å². The number of benzene rings is 1. The van der Waals surface area contributed by atoms with Gasteiger partial charge in [0.25, 0.3) is 0 Å². The zero-order valence-electron chi connectivity index (χ0n) is 12.0. The standard InChI is InChI=1S/C16H25ClN2/c1-12-3-4-15(10-18)11-19(12)13(2)9-14-5-7-16(17)8-6-14/h5-8,12-13,15H,3-4,9-11,18H2,1-2H3. The first-order valence-electron chi connectivity index (χ1n) is 7.30. The summed E-state index contributed by atoms with van der Waals surface area (Å²) in [4.78, 5) is 2.62. The van der Waals surface area contributed by atoms with Crippen LogP contribution in [0, 0.1) is 5.92 Å². The van der Waals surface area contributed by atoms with Crippen molar-refractivity contribution in [2.75, 3.05) is 13.1 Å². The molecule has 3 unspecified atom stereocenters. The van der Waals surface area contributed by atoms with Crippen molar-refractivity contribution < 1.29 is 0 Å². The van der Waals surface area contributed by atoms with Crippen LogP contribution < -0.4 is 5.73 Å². The summed E-state index contributed by atoms with van der Waals surface area (Å²) in [5.74, 6) is 0.670. The maximum atomic E-state index is 5.93. The lowest BCUT2D eigenvalue weighted by Crippen LogP contribution is -2.48. The van der Waals surface area contributed by atoms with E-state index < -0.39 is 0 Å². The minimum absolute atomic E-state index is 0.561. The highest BCUT2D eigenvalue weighted by atomic mass is 35.5. The fourth-order valence-corrected chi connectivity index (χ4v) is 3.22. The first kappa shape index (κ1) is 14.8. The summed E-state index contributed by atoms with van der Waals surface area (Å²) in [6, 6.07) is 9.45. The quantitative estimate of drug-likeness (QED) is 0.917. The number of likely N-dealkylation sites (tertiary alicyclic amines) is 1. The molecule has 106 valence electrons. The first-order valence-corrected chi connectivity index (χ1v) is 7.68. The molecule has 3 heteroatoms. The van der Waals surface area contributed by atoms with Crippen LogP contribution in [0.3, 0.4) is 0 Å². The van der Waals surface area contributed by atoms with Gasteiger partial charge in [0, 0.05) is 23.7 Å². The van der Waals surface area contributed by atoms with Crippen LogP contribution in [0.2, 0.25) is 5.02 Å². The second-order valence-electron chi connectivity index (χ2n) is 5.90. The zero-order valence-corrected chi connectivity index (χ0v) is 12.7. The molecular weight excluding hydrogens is 256 g/mol. The van der Waals surface area contributed by atoms with E-state index in [4.69, 9.17) is 17.3 Å². The summed E-state index contributed by atoms with van der Waals surface area (Å²) in [5.41, 5.74) is 7.20. The third-order valence-corrected chi connectivity index (χ3v) is 4.62. The largest absolute Gasteiger partial charge is 0.330 e. The predicted molar refractivity (Wildman–Crippen MR) is 82.6 cm³/mol. The number of rotatable bonds is 4. The fraction of sp³-hybridized carbons (Fsp3) is 0.625. The van der Waals surface area contributed by atoms with Crippen molar-refractivity contribution in [1.82, 2.24) is 4.90 Å². The van der Waals surface area contributed by atoms with Gasteiger partial charge in [-0.15, -0.1) is 0 Å². The van der Waals surface area contributed by atoms with Gasteiger partial charge in [0.15, 0.2) is 0 Å². The van der Waals surface area contributed by atoms with Crippen molar-refractivity contribution in [2.45, 2.75) is 45.2 Å². The molecule has 1 saturated heterocycles. The Balaban J connectivity index is 1.97. The third-order valence-electron chi connectivity index (χ3n) is 4.37. The highest BCUT2D eigenvalue weighted by Crippen LogP contribution is 2.24. The molecule has 0 amide bonds. The van der Waals surface area contributed by atoms with Gasteiger partial charge in [-0.1, -0.05) is 23.7 Å². The van der Waals surface area contributed by atoms with E-state index in [-0.39, 0.29) is 0 Å². The second-order valence-corrected chi connectivity index (χ2v) is 6.34. The van der Waals surface area contributed by atoms with Gasteiger partial charge in [0.05, 0.1) is 0 Å². The molecule has 1 aromatic carbocycles. The molecule has 0 radical (unpaired) electrons. The molecule has 1 aliphatic rings. The van der Waals surface area contributed by atoms with Gasteiger partial charge in [-0.2, -0.15) is 0 Å².